The maximum absolute atomic E-state index is 13.2. The molecule has 0 saturated carbocycles. The molecule has 36 heavy (non-hydrogen) atoms. The van der Waals surface area contributed by atoms with Crippen LogP contribution in [0.4, 0.5) is 4.39 Å². The third-order valence-corrected chi connectivity index (χ3v) is 6.43. The Morgan fingerprint density at radius 2 is 1.89 bits per heavy atom. The van der Waals surface area contributed by atoms with Gasteiger partial charge in [0.05, 0.1) is 6.26 Å². The molecule has 0 aliphatic carbocycles. The molecule has 0 spiro atoms. The zero-order valence-corrected chi connectivity index (χ0v) is 21.2. The Hall–Kier alpha value is -3.37. The fraction of sp³-hybridized carbons (Fsp3) is 0.308. The summed E-state index contributed by atoms with van der Waals surface area (Å²) < 4.78 is 30.5. The number of aromatic carboxylic acids is 1. The molecule has 1 N–H and O–H groups in total. The number of hydrogen-bond donors (Lipinski definition) is 1. The Kier molecular flexibility index (Phi) is 8.27. The minimum Gasteiger partial charge on any atom is -0.485 e. The average Bonchev–Trinajstić information content (AvgIpc) is 3.32. The first-order valence-corrected chi connectivity index (χ1v) is 12.2. The van der Waals surface area contributed by atoms with E-state index in [1.54, 1.807) is 35.2 Å². The van der Waals surface area contributed by atoms with Gasteiger partial charge in [-0.15, -0.1) is 0 Å². The summed E-state index contributed by atoms with van der Waals surface area (Å²) >= 11 is 3.39. The predicted molar refractivity (Wildman–Crippen MR) is 132 cm³/mol. The lowest BCUT2D eigenvalue weighted by Crippen LogP contribution is -2.54. The first-order valence-electron chi connectivity index (χ1n) is 11.4. The van der Waals surface area contributed by atoms with Crippen LogP contribution in [0.1, 0.15) is 28.6 Å². The van der Waals surface area contributed by atoms with Gasteiger partial charge in [-0.05, 0) is 48.9 Å². The van der Waals surface area contributed by atoms with Crippen LogP contribution in [0.2, 0.25) is 0 Å². The highest BCUT2D eigenvalue weighted by Gasteiger charge is 2.28. The third kappa shape index (κ3) is 6.44. The Morgan fingerprint density at radius 3 is 2.61 bits per heavy atom. The number of carbonyl (C=O) groups is 2. The minimum absolute atomic E-state index is 0.00790. The Labute approximate surface area is 216 Å². The lowest BCUT2D eigenvalue weighted by atomic mass is 10.1. The van der Waals surface area contributed by atoms with Crippen molar-refractivity contribution < 1.29 is 33.0 Å². The Morgan fingerprint density at radius 1 is 1.11 bits per heavy atom. The number of ether oxygens (including phenoxy) is 2. The molecule has 1 amide bonds. The summed E-state index contributed by atoms with van der Waals surface area (Å²) in [5, 5.41) is 9.20. The van der Waals surface area contributed by atoms with Crippen molar-refractivity contribution in [3.63, 3.8) is 0 Å². The highest BCUT2D eigenvalue weighted by molar-refractivity contribution is 9.10. The van der Waals surface area contributed by atoms with Crippen molar-refractivity contribution in [2.24, 2.45) is 0 Å². The number of furan rings is 1. The van der Waals surface area contributed by atoms with Crippen LogP contribution in [0, 0.1) is 5.82 Å². The first kappa shape index (κ1) is 25.7. The van der Waals surface area contributed by atoms with Crippen molar-refractivity contribution in [1.29, 1.82) is 0 Å². The van der Waals surface area contributed by atoms with Crippen molar-refractivity contribution >= 4 is 27.8 Å². The number of carbonyl (C=O) groups excluding carboxylic acids is 1. The van der Waals surface area contributed by atoms with Crippen molar-refractivity contribution in [3.8, 4) is 11.5 Å². The molecule has 1 aliphatic heterocycles. The number of halogens is 2. The van der Waals surface area contributed by atoms with Crippen LogP contribution < -0.4 is 9.47 Å². The largest absolute Gasteiger partial charge is 0.485 e. The lowest BCUT2D eigenvalue weighted by molar-refractivity contribution is -0.138. The second-order valence-electron chi connectivity index (χ2n) is 8.55. The number of piperazine rings is 1. The molecule has 4 rings (SSSR count). The van der Waals surface area contributed by atoms with E-state index in [-0.39, 0.29) is 36.7 Å². The van der Waals surface area contributed by atoms with Crippen molar-refractivity contribution in [3.05, 3.63) is 82.0 Å². The normalized spacial score (nSPS) is 16.1. The Balaban J connectivity index is 1.32. The molecule has 1 aromatic heterocycles. The lowest BCUT2D eigenvalue weighted by Gasteiger charge is -2.39. The van der Waals surface area contributed by atoms with E-state index in [4.69, 9.17) is 13.9 Å². The van der Waals surface area contributed by atoms with Crippen LogP contribution >= 0.6 is 15.9 Å². The summed E-state index contributed by atoms with van der Waals surface area (Å²) in [6, 6.07) is 13.1. The quantitative estimate of drug-likeness (QED) is 0.409. The van der Waals surface area contributed by atoms with Gasteiger partial charge < -0.3 is 23.9 Å². The Bertz CT molecular complexity index is 1220. The fourth-order valence-corrected chi connectivity index (χ4v) is 4.46. The average molecular weight is 561 g/mol. The van der Waals surface area contributed by atoms with Gasteiger partial charge in [0.25, 0.3) is 5.91 Å². The van der Waals surface area contributed by atoms with Crippen molar-refractivity contribution in [2.45, 2.75) is 26.1 Å². The van der Waals surface area contributed by atoms with Crippen LogP contribution in [0.15, 0.2) is 63.7 Å². The summed E-state index contributed by atoms with van der Waals surface area (Å²) in [5.74, 6) is -1.02. The number of carboxylic acids is 1. The molecule has 8 nitrogen and oxygen atoms in total. The van der Waals surface area contributed by atoms with Crippen LogP contribution in [-0.4, -0.2) is 59.1 Å². The van der Waals surface area contributed by atoms with E-state index in [9.17, 15) is 19.1 Å². The number of hydrogen-bond acceptors (Lipinski definition) is 6. The van der Waals surface area contributed by atoms with E-state index < -0.39 is 5.97 Å². The van der Waals surface area contributed by atoms with Gasteiger partial charge in [-0.3, -0.25) is 9.69 Å². The summed E-state index contributed by atoms with van der Waals surface area (Å²) in [5.41, 5.74) is 1.41. The molecular formula is C26H26BrFN2O6. The maximum Gasteiger partial charge on any atom is 0.372 e. The van der Waals surface area contributed by atoms with E-state index in [0.29, 0.717) is 43.2 Å². The molecule has 1 fully saturated rings. The molecule has 3 aromatic rings. The summed E-state index contributed by atoms with van der Waals surface area (Å²) in [4.78, 5) is 28.2. The standard InChI is InChI=1S/C26H26BrFN2O6/c1-17-13-29(14-18-2-5-21(28)6-3-18)9-10-30(17)24(31)16-36-22-7-4-20(27)12-23(22)35-15-19-8-11-34-25(19)26(32)33/h2-8,11-12,17H,9-10,13-16H2,1H3,(H,32,33). The van der Waals surface area contributed by atoms with Crippen molar-refractivity contribution in [1.82, 2.24) is 9.80 Å². The van der Waals surface area contributed by atoms with Gasteiger partial charge in [0.2, 0.25) is 5.76 Å². The predicted octanol–water partition coefficient (Wildman–Crippen LogP) is 4.57. The van der Waals surface area contributed by atoms with Crippen LogP contribution in [0.3, 0.4) is 0 Å². The highest BCUT2D eigenvalue weighted by Crippen LogP contribution is 2.32. The van der Waals surface area contributed by atoms with E-state index in [1.165, 1.54) is 24.5 Å². The number of carboxylic acid groups (broad SMARTS) is 1. The number of nitrogens with zero attached hydrogens (tertiary/aromatic N) is 2. The molecule has 10 heteroatoms. The zero-order chi connectivity index (χ0) is 25.7. The first-order chi connectivity index (χ1) is 17.3. The SMILES string of the molecule is CC1CN(Cc2ccc(F)cc2)CCN1C(=O)COc1ccc(Br)cc1OCc1ccoc1C(=O)O. The molecule has 0 radical (unpaired) electrons. The fourth-order valence-electron chi connectivity index (χ4n) is 4.12. The van der Waals surface area contributed by atoms with Crippen molar-refractivity contribution in [2.75, 3.05) is 26.2 Å². The molecule has 1 saturated heterocycles. The van der Waals surface area contributed by atoms with Gasteiger partial charge in [-0.2, -0.15) is 0 Å². The van der Waals surface area contributed by atoms with Gasteiger partial charge in [-0.1, -0.05) is 28.1 Å². The van der Waals surface area contributed by atoms with Gasteiger partial charge in [0.1, 0.15) is 12.4 Å². The summed E-state index contributed by atoms with van der Waals surface area (Å²) in [6.07, 6.45) is 1.29. The minimum atomic E-state index is -1.18. The molecule has 0 bridgehead atoms. The van der Waals surface area contributed by atoms with E-state index in [2.05, 4.69) is 20.8 Å². The van der Waals surface area contributed by atoms with Crippen LogP contribution in [-0.2, 0) is 17.9 Å². The summed E-state index contributed by atoms with van der Waals surface area (Å²) in [7, 11) is 0. The smallest absolute Gasteiger partial charge is 0.372 e. The monoisotopic (exact) mass is 560 g/mol. The number of benzene rings is 2. The topological polar surface area (TPSA) is 92.5 Å². The maximum atomic E-state index is 13.2. The molecule has 1 aliphatic rings. The summed E-state index contributed by atoms with van der Waals surface area (Å²) in [6.45, 7) is 4.46. The van der Waals surface area contributed by atoms with E-state index >= 15 is 0 Å². The van der Waals surface area contributed by atoms with Crippen LogP contribution in [0.25, 0.3) is 0 Å². The highest BCUT2D eigenvalue weighted by atomic mass is 79.9. The van der Waals surface area contributed by atoms with Gasteiger partial charge in [-0.25, -0.2) is 9.18 Å². The molecule has 2 heterocycles. The molecule has 1 atom stereocenters. The van der Waals surface area contributed by atoms with Crippen LogP contribution in [0.5, 0.6) is 11.5 Å². The van der Waals surface area contributed by atoms with E-state index in [1.807, 2.05) is 6.92 Å². The van der Waals surface area contributed by atoms with Gasteiger partial charge >= 0.3 is 5.97 Å². The molecule has 190 valence electrons. The van der Waals surface area contributed by atoms with E-state index in [0.717, 1.165) is 10.0 Å². The number of rotatable bonds is 9. The molecule has 2 aromatic carbocycles. The molecular weight excluding hydrogens is 535 g/mol. The molecule has 1 unspecified atom stereocenters. The van der Waals surface area contributed by atoms with Gasteiger partial charge in [0.15, 0.2) is 18.1 Å². The number of amides is 1. The third-order valence-electron chi connectivity index (χ3n) is 5.93. The van der Waals surface area contributed by atoms with Gasteiger partial charge in [0, 0.05) is 42.3 Å². The second kappa shape index (κ2) is 11.6. The second-order valence-corrected chi connectivity index (χ2v) is 9.46. The zero-order valence-electron chi connectivity index (χ0n) is 19.7.